The lowest BCUT2D eigenvalue weighted by molar-refractivity contribution is -0.138. The minimum atomic E-state index is -4.56. The van der Waals surface area contributed by atoms with E-state index in [2.05, 4.69) is 0 Å². The van der Waals surface area contributed by atoms with E-state index in [9.17, 15) is 18.0 Å². The van der Waals surface area contributed by atoms with Gasteiger partial charge >= 0.3 is 6.18 Å². The molecule has 0 saturated carbocycles. The van der Waals surface area contributed by atoms with E-state index in [1.807, 2.05) is 0 Å². The Labute approximate surface area is 120 Å². The van der Waals surface area contributed by atoms with Crippen LogP contribution in [0, 0.1) is 0 Å². The lowest BCUT2D eigenvalue weighted by atomic mass is 10.0. The van der Waals surface area contributed by atoms with Gasteiger partial charge in [-0.15, -0.1) is 0 Å². The zero-order valence-electron chi connectivity index (χ0n) is 11.6. The Bertz CT molecular complexity index is 517. The number of carbonyl (C=O) groups excluding carboxylic acids is 1. The number of amides is 1. The van der Waals surface area contributed by atoms with E-state index in [1.165, 1.54) is 23.1 Å². The molecule has 1 fully saturated rings. The van der Waals surface area contributed by atoms with Crippen LogP contribution in [0.15, 0.2) is 24.3 Å². The highest BCUT2D eigenvalue weighted by Crippen LogP contribution is 2.32. The summed E-state index contributed by atoms with van der Waals surface area (Å²) in [5.74, 6) is -0.642. The first-order chi connectivity index (χ1) is 9.80. The molecule has 2 atom stereocenters. The Kier molecular flexibility index (Phi) is 4.53. The fraction of sp³-hybridized carbons (Fsp3) is 0.500. The Balaban J connectivity index is 2.24. The Morgan fingerprint density at radius 3 is 2.71 bits per heavy atom. The van der Waals surface area contributed by atoms with Gasteiger partial charge in [0.15, 0.2) is 0 Å². The molecule has 0 aliphatic carbocycles. The molecule has 0 bridgehead atoms. The Hall–Kier alpha value is -1.60. The first-order valence-corrected chi connectivity index (χ1v) is 6.63. The number of nitrogens with zero attached hydrogens (tertiary/aromatic N) is 1. The molecule has 1 amide bonds. The second kappa shape index (κ2) is 6.03. The van der Waals surface area contributed by atoms with Gasteiger partial charge in [-0.2, -0.15) is 13.2 Å². The quantitative estimate of drug-likeness (QED) is 0.907. The molecule has 21 heavy (non-hydrogen) atoms. The normalized spacial score (nSPS) is 21.2. The number of nitrogens with two attached hydrogens (primary N) is 1. The van der Waals surface area contributed by atoms with Gasteiger partial charge in [0.1, 0.15) is 0 Å². The third-order valence-corrected chi connectivity index (χ3v) is 3.43. The maximum Gasteiger partial charge on any atom is 0.417 e. The minimum Gasteiger partial charge on any atom is -0.373 e. The molecule has 0 aromatic heterocycles. The smallest absolute Gasteiger partial charge is 0.373 e. The average molecular weight is 302 g/mol. The van der Waals surface area contributed by atoms with Crippen molar-refractivity contribution in [3.05, 3.63) is 35.4 Å². The lowest BCUT2D eigenvalue weighted by Crippen LogP contribution is -2.51. The number of morpholine rings is 1. The van der Waals surface area contributed by atoms with E-state index < -0.39 is 17.6 Å². The van der Waals surface area contributed by atoms with Gasteiger partial charge in [-0.1, -0.05) is 12.1 Å². The van der Waals surface area contributed by atoms with Gasteiger partial charge in [0.25, 0.3) is 5.91 Å². The molecule has 2 N–H and O–H groups in total. The number of halogens is 3. The van der Waals surface area contributed by atoms with E-state index in [-0.39, 0.29) is 37.4 Å². The van der Waals surface area contributed by atoms with Gasteiger partial charge in [0, 0.05) is 19.1 Å². The maximum absolute atomic E-state index is 13.0. The molecule has 1 aliphatic rings. The highest BCUT2D eigenvalue weighted by atomic mass is 19.4. The van der Waals surface area contributed by atoms with Crippen molar-refractivity contribution in [3.63, 3.8) is 0 Å². The molecule has 0 spiro atoms. The van der Waals surface area contributed by atoms with Crippen LogP contribution in [-0.2, 0) is 10.9 Å². The van der Waals surface area contributed by atoms with Gasteiger partial charge in [-0.25, -0.2) is 0 Å². The summed E-state index contributed by atoms with van der Waals surface area (Å²) in [6, 6.07) is 4.51. The van der Waals surface area contributed by atoms with Crippen LogP contribution in [0.25, 0.3) is 0 Å². The van der Waals surface area contributed by atoms with Gasteiger partial charge < -0.3 is 15.4 Å². The first kappa shape index (κ1) is 15.8. The van der Waals surface area contributed by atoms with Crippen molar-refractivity contribution >= 4 is 5.91 Å². The summed E-state index contributed by atoms with van der Waals surface area (Å²) in [5.41, 5.74) is 4.47. The van der Waals surface area contributed by atoms with Crippen molar-refractivity contribution in [2.24, 2.45) is 5.73 Å². The zero-order valence-corrected chi connectivity index (χ0v) is 11.6. The first-order valence-electron chi connectivity index (χ1n) is 6.63. The molecule has 2 unspecified atom stereocenters. The molecule has 1 aromatic carbocycles. The van der Waals surface area contributed by atoms with E-state index in [1.54, 1.807) is 6.92 Å². The SMILES string of the molecule is CC(N)C1CN(C(=O)c2ccccc2C(F)(F)F)CCO1. The van der Waals surface area contributed by atoms with Gasteiger partial charge in [-0.05, 0) is 19.1 Å². The van der Waals surface area contributed by atoms with Crippen molar-refractivity contribution < 1.29 is 22.7 Å². The molecule has 4 nitrogen and oxygen atoms in total. The van der Waals surface area contributed by atoms with Gasteiger partial charge in [0.05, 0.1) is 23.8 Å². The molecular formula is C14H17F3N2O2. The van der Waals surface area contributed by atoms with Crippen molar-refractivity contribution in [1.82, 2.24) is 4.90 Å². The van der Waals surface area contributed by atoms with Crippen LogP contribution in [0.1, 0.15) is 22.8 Å². The van der Waals surface area contributed by atoms with Crippen LogP contribution in [0.2, 0.25) is 0 Å². The number of carbonyl (C=O) groups is 1. The van der Waals surface area contributed by atoms with Crippen molar-refractivity contribution in [2.75, 3.05) is 19.7 Å². The third-order valence-electron chi connectivity index (χ3n) is 3.43. The van der Waals surface area contributed by atoms with Crippen molar-refractivity contribution in [3.8, 4) is 0 Å². The number of alkyl halides is 3. The average Bonchev–Trinajstić information content (AvgIpc) is 2.45. The molecule has 7 heteroatoms. The number of benzene rings is 1. The monoisotopic (exact) mass is 302 g/mol. The van der Waals surface area contributed by atoms with Crippen molar-refractivity contribution in [1.29, 1.82) is 0 Å². The molecular weight excluding hydrogens is 285 g/mol. The Morgan fingerprint density at radius 2 is 2.10 bits per heavy atom. The predicted octanol–water partition coefficient (Wildman–Crippen LogP) is 1.89. The van der Waals surface area contributed by atoms with Crippen LogP contribution < -0.4 is 5.73 Å². The third kappa shape index (κ3) is 3.54. The van der Waals surface area contributed by atoms with E-state index in [0.717, 1.165) is 6.07 Å². The molecule has 1 aromatic rings. The molecule has 1 heterocycles. The molecule has 116 valence electrons. The summed E-state index contributed by atoms with van der Waals surface area (Å²) in [6.45, 7) is 2.46. The van der Waals surface area contributed by atoms with Crippen LogP contribution >= 0.6 is 0 Å². The highest BCUT2D eigenvalue weighted by molar-refractivity contribution is 5.96. The Morgan fingerprint density at radius 1 is 1.43 bits per heavy atom. The second-order valence-corrected chi connectivity index (χ2v) is 5.06. The zero-order chi connectivity index (χ0) is 15.6. The molecule has 1 aliphatic heterocycles. The van der Waals surface area contributed by atoms with Crippen molar-refractivity contribution in [2.45, 2.75) is 25.2 Å². The summed E-state index contributed by atoms with van der Waals surface area (Å²) in [5, 5.41) is 0. The molecule has 0 radical (unpaired) electrons. The van der Waals surface area contributed by atoms with E-state index in [4.69, 9.17) is 10.5 Å². The van der Waals surface area contributed by atoms with Crippen LogP contribution in [0.3, 0.4) is 0 Å². The van der Waals surface area contributed by atoms with Crippen LogP contribution in [0.4, 0.5) is 13.2 Å². The summed E-state index contributed by atoms with van der Waals surface area (Å²) in [4.78, 5) is 13.7. The lowest BCUT2D eigenvalue weighted by Gasteiger charge is -2.35. The minimum absolute atomic E-state index is 0.197. The molecule has 2 rings (SSSR count). The fourth-order valence-electron chi connectivity index (χ4n) is 2.27. The summed E-state index contributed by atoms with van der Waals surface area (Å²) >= 11 is 0. The number of rotatable bonds is 2. The fourth-order valence-corrected chi connectivity index (χ4v) is 2.27. The van der Waals surface area contributed by atoms with E-state index in [0.29, 0.717) is 0 Å². The summed E-state index contributed by atoms with van der Waals surface area (Å²) < 4.78 is 44.3. The number of hydrogen-bond acceptors (Lipinski definition) is 3. The highest BCUT2D eigenvalue weighted by Gasteiger charge is 2.37. The van der Waals surface area contributed by atoms with Gasteiger partial charge in [-0.3, -0.25) is 4.79 Å². The standard InChI is InChI=1S/C14H17F3N2O2/c1-9(18)12-8-19(6-7-21-12)13(20)10-4-2-3-5-11(10)14(15,16)17/h2-5,9,12H,6-8,18H2,1H3. The predicted molar refractivity (Wildman–Crippen MR) is 70.7 cm³/mol. The van der Waals surface area contributed by atoms with Crippen LogP contribution in [-0.4, -0.2) is 42.6 Å². The second-order valence-electron chi connectivity index (χ2n) is 5.06. The largest absolute Gasteiger partial charge is 0.417 e. The van der Waals surface area contributed by atoms with E-state index >= 15 is 0 Å². The van der Waals surface area contributed by atoms with Gasteiger partial charge in [0.2, 0.25) is 0 Å². The maximum atomic E-state index is 13.0. The van der Waals surface area contributed by atoms with Crippen LogP contribution in [0.5, 0.6) is 0 Å². The number of hydrogen-bond donors (Lipinski definition) is 1. The summed E-state index contributed by atoms with van der Waals surface area (Å²) in [6.07, 6.45) is -4.92. The molecule has 1 saturated heterocycles. The topological polar surface area (TPSA) is 55.6 Å². The number of ether oxygens (including phenoxy) is 1. The summed E-state index contributed by atoms with van der Waals surface area (Å²) in [7, 11) is 0.